The van der Waals surface area contributed by atoms with Gasteiger partial charge in [0.05, 0.1) is 0 Å². The number of nitrogens with two attached hydrogens (primary N) is 1. The van der Waals surface area contributed by atoms with Gasteiger partial charge >= 0.3 is 0 Å². The van der Waals surface area contributed by atoms with Crippen LogP contribution in [0.3, 0.4) is 0 Å². The SMILES string of the molecule is NCC1CCCCC1c1nc(N2CCCC2)no1. The molecule has 5 nitrogen and oxygen atoms in total. The van der Waals surface area contributed by atoms with Crippen LogP contribution in [0.25, 0.3) is 0 Å². The molecular weight excluding hydrogens is 228 g/mol. The Morgan fingerprint density at radius 2 is 1.94 bits per heavy atom. The largest absolute Gasteiger partial charge is 0.338 e. The van der Waals surface area contributed by atoms with Crippen LogP contribution in [0.4, 0.5) is 5.95 Å². The number of aromatic nitrogens is 2. The second-order valence-electron chi connectivity index (χ2n) is 5.51. The van der Waals surface area contributed by atoms with Gasteiger partial charge in [0.15, 0.2) is 0 Å². The number of hydrogen-bond acceptors (Lipinski definition) is 5. The van der Waals surface area contributed by atoms with E-state index < -0.39 is 0 Å². The summed E-state index contributed by atoms with van der Waals surface area (Å²) in [7, 11) is 0. The van der Waals surface area contributed by atoms with Crippen LogP contribution in [-0.4, -0.2) is 29.8 Å². The van der Waals surface area contributed by atoms with E-state index in [2.05, 4.69) is 15.0 Å². The highest BCUT2D eigenvalue weighted by Crippen LogP contribution is 2.37. The Morgan fingerprint density at radius 1 is 1.17 bits per heavy atom. The molecule has 1 saturated heterocycles. The number of anilines is 1. The van der Waals surface area contributed by atoms with Gasteiger partial charge in [0.1, 0.15) is 0 Å². The molecule has 1 aliphatic carbocycles. The van der Waals surface area contributed by atoms with Crippen molar-refractivity contribution in [1.29, 1.82) is 0 Å². The Kier molecular flexibility index (Phi) is 3.50. The monoisotopic (exact) mass is 250 g/mol. The first-order chi connectivity index (χ1) is 8.88. The van der Waals surface area contributed by atoms with Crippen molar-refractivity contribution in [3.05, 3.63) is 5.89 Å². The van der Waals surface area contributed by atoms with Crippen molar-refractivity contribution in [1.82, 2.24) is 10.1 Å². The predicted molar refractivity (Wildman–Crippen MR) is 69.5 cm³/mol. The summed E-state index contributed by atoms with van der Waals surface area (Å²) in [5.74, 6) is 2.49. The van der Waals surface area contributed by atoms with Crippen molar-refractivity contribution in [2.45, 2.75) is 44.4 Å². The van der Waals surface area contributed by atoms with Gasteiger partial charge in [0, 0.05) is 19.0 Å². The van der Waals surface area contributed by atoms with E-state index in [0.29, 0.717) is 11.8 Å². The van der Waals surface area contributed by atoms with Crippen molar-refractivity contribution in [2.75, 3.05) is 24.5 Å². The van der Waals surface area contributed by atoms with Crippen LogP contribution in [-0.2, 0) is 0 Å². The molecule has 2 aliphatic rings. The lowest BCUT2D eigenvalue weighted by atomic mass is 9.79. The Hall–Kier alpha value is -1.10. The van der Waals surface area contributed by atoms with Gasteiger partial charge in [-0.1, -0.05) is 12.8 Å². The van der Waals surface area contributed by atoms with E-state index in [9.17, 15) is 0 Å². The van der Waals surface area contributed by atoms with E-state index in [1.165, 1.54) is 32.1 Å². The standard InChI is InChI=1S/C13H22N4O/c14-9-10-5-1-2-6-11(10)12-15-13(16-18-12)17-7-3-4-8-17/h10-11H,1-9,14H2. The van der Waals surface area contributed by atoms with Crippen LogP contribution in [0.2, 0.25) is 0 Å². The van der Waals surface area contributed by atoms with Crippen LogP contribution < -0.4 is 10.6 Å². The average Bonchev–Trinajstić information content (AvgIpc) is 3.09. The fraction of sp³-hybridized carbons (Fsp3) is 0.846. The molecule has 0 aromatic carbocycles. The van der Waals surface area contributed by atoms with Gasteiger partial charge in [-0.15, -0.1) is 0 Å². The molecule has 1 aromatic heterocycles. The maximum Gasteiger partial charge on any atom is 0.266 e. The second-order valence-corrected chi connectivity index (χ2v) is 5.51. The van der Waals surface area contributed by atoms with Crippen LogP contribution in [0.1, 0.15) is 50.3 Å². The third kappa shape index (κ3) is 2.23. The molecule has 100 valence electrons. The summed E-state index contributed by atoms with van der Waals surface area (Å²) in [6.45, 7) is 2.85. The van der Waals surface area contributed by atoms with Gasteiger partial charge in [-0.05, 0) is 43.3 Å². The van der Waals surface area contributed by atoms with E-state index in [1.54, 1.807) is 0 Å². The molecule has 2 heterocycles. The highest BCUT2D eigenvalue weighted by atomic mass is 16.5. The lowest BCUT2D eigenvalue weighted by Crippen LogP contribution is -2.25. The summed E-state index contributed by atoms with van der Waals surface area (Å²) < 4.78 is 5.49. The van der Waals surface area contributed by atoms with Crippen LogP contribution in [0.15, 0.2) is 4.52 Å². The molecule has 1 aromatic rings. The Balaban J connectivity index is 1.74. The van der Waals surface area contributed by atoms with Gasteiger partial charge in [-0.3, -0.25) is 0 Å². The molecule has 2 N–H and O–H groups in total. The van der Waals surface area contributed by atoms with E-state index >= 15 is 0 Å². The first-order valence-electron chi connectivity index (χ1n) is 7.17. The molecule has 3 rings (SSSR count). The molecule has 1 aliphatic heterocycles. The molecule has 0 spiro atoms. The molecule has 2 unspecified atom stereocenters. The molecule has 2 atom stereocenters. The molecule has 2 fully saturated rings. The highest BCUT2D eigenvalue weighted by Gasteiger charge is 2.30. The number of nitrogens with zero attached hydrogens (tertiary/aromatic N) is 3. The smallest absolute Gasteiger partial charge is 0.266 e. The van der Waals surface area contributed by atoms with E-state index in [-0.39, 0.29) is 0 Å². The number of hydrogen-bond donors (Lipinski definition) is 1. The predicted octanol–water partition coefficient (Wildman–Crippen LogP) is 1.90. The maximum absolute atomic E-state index is 5.86. The average molecular weight is 250 g/mol. The minimum atomic E-state index is 0.382. The Morgan fingerprint density at radius 3 is 2.72 bits per heavy atom. The number of rotatable bonds is 3. The first-order valence-corrected chi connectivity index (χ1v) is 7.17. The fourth-order valence-corrected chi connectivity index (χ4v) is 3.24. The van der Waals surface area contributed by atoms with Crippen molar-refractivity contribution < 1.29 is 4.52 Å². The summed E-state index contributed by atoms with van der Waals surface area (Å²) in [5, 5.41) is 4.14. The van der Waals surface area contributed by atoms with Crippen LogP contribution in [0.5, 0.6) is 0 Å². The van der Waals surface area contributed by atoms with Gasteiger partial charge in [0.2, 0.25) is 5.89 Å². The lowest BCUT2D eigenvalue weighted by Gasteiger charge is -2.27. The van der Waals surface area contributed by atoms with Crippen molar-refractivity contribution >= 4 is 5.95 Å². The van der Waals surface area contributed by atoms with Crippen LogP contribution >= 0.6 is 0 Å². The minimum Gasteiger partial charge on any atom is -0.338 e. The van der Waals surface area contributed by atoms with Gasteiger partial charge in [-0.25, -0.2) is 0 Å². The normalized spacial score (nSPS) is 28.8. The molecule has 18 heavy (non-hydrogen) atoms. The summed E-state index contributed by atoms with van der Waals surface area (Å²) in [5.41, 5.74) is 5.86. The zero-order valence-corrected chi connectivity index (χ0v) is 10.8. The summed E-state index contributed by atoms with van der Waals surface area (Å²) in [4.78, 5) is 6.82. The maximum atomic E-state index is 5.86. The van der Waals surface area contributed by atoms with E-state index in [4.69, 9.17) is 10.3 Å². The topological polar surface area (TPSA) is 68.2 Å². The second kappa shape index (κ2) is 5.26. The quantitative estimate of drug-likeness (QED) is 0.887. The Bertz CT molecular complexity index is 386. The van der Waals surface area contributed by atoms with Crippen LogP contribution in [0, 0.1) is 5.92 Å². The molecule has 0 amide bonds. The zero-order chi connectivity index (χ0) is 12.4. The third-order valence-electron chi connectivity index (χ3n) is 4.35. The Labute approximate surface area is 108 Å². The van der Waals surface area contributed by atoms with Gasteiger partial charge in [0.25, 0.3) is 5.95 Å². The molecular formula is C13H22N4O. The van der Waals surface area contributed by atoms with Crippen molar-refractivity contribution in [2.24, 2.45) is 11.7 Å². The fourth-order valence-electron chi connectivity index (χ4n) is 3.24. The minimum absolute atomic E-state index is 0.382. The zero-order valence-electron chi connectivity index (χ0n) is 10.8. The lowest BCUT2D eigenvalue weighted by molar-refractivity contribution is 0.249. The molecule has 0 radical (unpaired) electrons. The van der Waals surface area contributed by atoms with Crippen molar-refractivity contribution in [3.8, 4) is 0 Å². The summed E-state index contributed by atoms with van der Waals surface area (Å²) in [6.07, 6.45) is 7.34. The summed E-state index contributed by atoms with van der Waals surface area (Å²) >= 11 is 0. The molecule has 0 bridgehead atoms. The summed E-state index contributed by atoms with van der Waals surface area (Å²) in [6, 6.07) is 0. The van der Waals surface area contributed by atoms with E-state index in [1.807, 2.05) is 0 Å². The van der Waals surface area contributed by atoms with Crippen molar-refractivity contribution in [3.63, 3.8) is 0 Å². The first kappa shape index (κ1) is 12.0. The highest BCUT2D eigenvalue weighted by molar-refractivity contribution is 5.29. The molecule has 5 heteroatoms. The third-order valence-corrected chi connectivity index (χ3v) is 4.35. The van der Waals surface area contributed by atoms with E-state index in [0.717, 1.165) is 37.9 Å². The molecule has 1 saturated carbocycles. The van der Waals surface area contributed by atoms with Gasteiger partial charge < -0.3 is 15.2 Å². The van der Waals surface area contributed by atoms with Gasteiger partial charge in [-0.2, -0.15) is 4.98 Å².